The fourth-order valence-electron chi connectivity index (χ4n) is 2.12. The van der Waals surface area contributed by atoms with Gasteiger partial charge in [-0.1, -0.05) is 30.3 Å². The normalized spacial score (nSPS) is 11.0. The summed E-state index contributed by atoms with van der Waals surface area (Å²) >= 11 is 0. The Labute approximate surface area is 145 Å². The molecule has 9 heteroatoms. The maximum Gasteiger partial charge on any atom is 0.289 e. The highest BCUT2D eigenvalue weighted by Crippen LogP contribution is 2.29. The summed E-state index contributed by atoms with van der Waals surface area (Å²) in [5, 5.41) is 11.2. The Hall–Kier alpha value is -2.94. The summed E-state index contributed by atoms with van der Waals surface area (Å²) in [5.74, 6) is -0.453. The van der Waals surface area contributed by atoms with Gasteiger partial charge in [0.25, 0.3) is 15.7 Å². The van der Waals surface area contributed by atoms with Gasteiger partial charge in [0.15, 0.2) is 4.90 Å². The van der Waals surface area contributed by atoms with Crippen molar-refractivity contribution in [3.63, 3.8) is 0 Å². The number of anilines is 1. The third kappa shape index (κ3) is 3.94. The van der Waals surface area contributed by atoms with Gasteiger partial charge >= 0.3 is 0 Å². The zero-order chi connectivity index (χ0) is 18.6. The monoisotopic (exact) mass is 363 g/mol. The first kappa shape index (κ1) is 18.4. The van der Waals surface area contributed by atoms with Crippen molar-refractivity contribution in [2.45, 2.75) is 4.90 Å². The lowest BCUT2D eigenvalue weighted by atomic mass is 10.3. The number of nitro groups is 1. The van der Waals surface area contributed by atoms with E-state index in [0.717, 1.165) is 16.4 Å². The van der Waals surface area contributed by atoms with E-state index >= 15 is 0 Å². The Morgan fingerprint density at radius 3 is 2.16 bits per heavy atom. The number of nitrogens with zero attached hydrogens (tertiary/aromatic N) is 3. The Morgan fingerprint density at radius 1 is 1.04 bits per heavy atom. The number of hydrogen-bond acceptors (Lipinski definition) is 5. The van der Waals surface area contributed by atoms with E-state index in [1.54, 1.807) is 18.2 Å². The van der Waals surface area contributed by atoms with Crippen molar-refractivity contribution in [1.29, 1.82) is 0 Å². The second-order valence-corrected chi connectivity index (χ2v) is 7.19. The van der Waals surface area contributed by atoms with Crippen LogP contribution in [0.3, 0.4) is 0 Å². The van der Waals surface area contributed by atoms with Gasteiger partial charge in [-0.2, -0.15) is 0 Å². The van der Waals surface area contributed by atoms with Gasteiger partial charge in [-0.05, 0) is 18.2 Å². The van der Waals surface area contributed by atoms with Crippen molar-refractivity contribution in [2.75, 3.05) is 24.9 Å². The van der Waals surface area contributed by atoms with E-state index < -0.39 is 38.0 Å². The average Bonchev–Trinajstić information content (AvgIpc) is 2.59. The van der Waals surface area contributed by atoms with Crippen molar-refractivity contribution in [3.8, 4) is 0 Å². The minimum absolute atomic E-state index is 0.246. The van der Waals surface area contributed by atoms with Gasteiger partial charge in [0.2, 0.25) is 5.91 Å². The largest absolute Gasteiger partial charge is 0.347 e. The van der Waals surface area contributed by atoms with Crippen LogP contribution in [0.4, 0.5) is 11.4 Å². The summed E-state index contributed by atoms with van der Waals surface area (Å²) in [4.78, 5) is 23.3. The Balaban J connectivity index is 2.60. The van der Waals surface area contributed by atoms with E-state index in [2.05, 4.69) is 0 Å². The van der Waals surface area contributed by atoms with Crippen molar-refractivity contribution in [3.05, 3.63) is 64.7 Å². The number of likely N-dealkylation sites (N-methyl/N-ethyl adjacent to an activating group) is 1. The molecular weight excluding hydrogens is 346 g/mol. The van der Waals surface area contributed by atoms with Crippen LogP contribution in [0.2, 0.25) is 0 Å². The summed E-state index contributed by atoms with van der Waals surface area (Å²) in [6, 6.07) is 13.0. The molecule has 0 aliphatic carbocycles. The SMILES string of the molecule is CN(C)C(=O)CN(c1ccccc1)S(=O)(=O)c1ccccc1[N+](=O)[O-]. The number of carbonyl (C=O) groups excluding carboxylic acids is 1. The lowest BCUT2D eigenvalue weighted by Gasteiger charge is -2.25. The summed E-state index contributed by atoms with van der Waals surface area (Å²) < 4.78 is 27.0. The van der Waals surface area contributed by atoms with Crippen molar-refractivity contribution in [2.24, 2.45) is 0 Å². The van der Waals surface area contributed by atoms with E-state index in [9.17, 15) is 23.3 Å². The smallest absolute Gasteiger partial charge is 0.289 e. The number of para-hydroxylation sites is 2. The molecule has 0 radical (unpaired) electrons. The van der Waals surface area contributed by atoms with Crippen LogP contribution in [-0.2, 0) is 14.8 Å². The highest BCUT2D eigenvalue weighted by atomic mass is 32.2. The average molecular weight is 363 g/mol. The molecule has 2 aromatic rings. The number of nitro benzene ring substituents is 1. The third-order valence-corrected chi connectivity index (χ3v) is 5.27. The Kier molecular flexibility index (Phi) is 5.38. The maximum atomic E-state index is 13.1. The number of carbonyl (C=O) groups is 1. The number of benzene rings is 2. The molecule has 0 aromatic heterocycles. The second-order valence-electron chi connectivity index (χ2n) is 5.36. The van der Waals surface area contributed by atoms with Gasteiger partial charge in [0, 0.05) is 20.2 Å². The molecule has 25 heavy (non-hydrogen) atoms. The van der Waals surface area contributed by atoms with Crippen LogP contribution < -0.4 is 4.31 Å². The Morgan fingerprint density at radius 2 is 1.60 bits per heavy atom. The summed E-state index contributed by atoms with van der Waals surface area (Å²) in [6.07, 6.45) is 0. The second kappa shape index (κ2) is 7.31. The van der Waals surface area contributed by atoms with Crippen LogP contribution in [-0.4, -0.2) is 44.8 Å². The van der Waals surface area contributed by atoms with Crippen LogP contribution in [0.15, 0.2) is 59.5 Å². The van der Waals surface area contributed by atoms with Gasteiger partial charge in [0.05, 0.1) is 10.6 Å². The Bertz CT molecular complexity index is 882. The molecule has 0 N–H and O–H groups in total. The molecule has 0 heterocycles. The first-order valence-corrected chi connectivity index (χ1v) is 8.70. The first-order chi connectivity index (χ1) is 11.7. The van der Waals surface area contributed by atoms with E-state index in [-0.39, 0.29) is 5.69 Å². The van der Waals surface area contributed by atoms with Crippen molar-refractivity contribution >= 4 is 27.3 Å². The fraction of sp³-hybridized carbons (Fsp3) is 0.188. The first-order valence-electron chi connectivity index (χ1n) is 7.26. The molecule has 1 amide bonds. The van der Waals surface area contributed by atoms with Crippen LogP contribution in [0.1, 0.15) is 0 Å². The predicted octanol–water partition coefficient (Wildman–Crippen LogP) is 1.88. The van der Waals surface area contributed by atoms with Gasteiger partial charge in [-0.3, -0.25) is 19.2 Å². The third-order valence-electron chi connectivity index (χ3n) is 3.45. The minimum atomic E-state index is -4.31. The topological polar surface area (TPSA) is 101 Å². The quantitative estimate of drug-likeness (QED) is 0.576. The predicted molar refractivity (Wildman–Crippen MR) is 92.8 cm³/mol. The molecule has 0 spiro atoms. The summed E-state index contributed by atoms with van der Waals surface area (Å²) in [6.45, 7) is -0.467. The minimum Gasteiger partial charge on any atom is -0.347 e. The number of amides is 1. The molecular formula is C16H17N3O5S. The van der Waals surface area contributed by atoms with E-state index in [4.69, 9.17) is 0 Å². The lowest BCUT2D eigenvalue weighted by Crippen LogP contribution is -2.40. The van der Waals surface area contributed by atoms with Gasteiger partial charge in [0.1, 0.15) is 6.54 Å². The number of hydrogen-bond donors (Lipinski definition) is 0. The van der Waals surface area contributed by atoms with Gasteiger partial charge in [-0.25, -0.2) is 8.42 Å². The van der Waals surface area contributed by atoms with Crippen molar-refractivity contribution in [1.82, 2.24) is 4.90 Å². The molecule has 0 saturated heterocycles. The summed E-state index contributed by atoms with van der Waals surface area (Å²) in [5.41, 5.74) is -0.295. The molecule has 132 valence electrons. The maximum absolute atomic E-state index is 13.1. The van der Waals surface area contributed by atoms with Crippen LogP contribution in [0.5, 0.6) is 0 Å². The van der Waals surface area contributed by atoms with Crippen LogP contribution >= 0.6 is 0 Å². The summed E-state index contributed by atoms with van der Waals surface area (Å²) in [7, 11) is -1.31. The fourth-order valence-corrected chi connectivity index (χ4v) is 3.69. The van der Waals surface area contributed by atoms with Gasteiger partial charge in [-0.15, -0.1) is 0 Å². The van der Waals surface area contributed by atoms with Crippen LogP contribution in [0, 0.1) is 10.1 Å². The molecule has 0 saturated carbocycles. The molecule has 2 aromatic carbocycles. The van der Waals surface area contributed by atoms with Crippen molar-refractivity contribution < 1.29 is 18.1 Å². The van der Waals surface area contributed by atoms with Crippen LogP contribution in [0.25, 0.3) is 0 Å². The zero-order valence-corrected chi connectivity index (χ0v) is 14.5. The standard InChI is InChI=1S/C16H17N3O5S/c1-17(2)16(20)12-18(13-8-4-3-5-9-13)25(23,24)15-11-7-6-10-14(15)19(21)22/h3-11H,12H2,1-2H3. The molecule has 0 bridgehead atoms. The van der Waals surface area contributed by atoms with E-state index in [1.165, 1.54) is 43.3 Å². The molecule has 0 aliphatic heterocycles. The highest BCUT2D eigenvalue weighted by molar-refractivity contribution is 7.93. The molecule has 0 unspecified atom stereocenters. The highest BCUT2D eigenvalue weighted by Gasteiger charge is 2.33. The molecule has 0 fully saturated rings. The van der Waals surface area contributed by atoms with Gasteiger partial charge < -0.3 is 4.90 Å². The van der Waals surface area contributed by atoms with E-state index in [1.807, 2.05) is 0 Å². The molecule has 8 nitrogen and oxygen atoms in total. The zero-order valence-electron chi connectivity index (χ0n) is 13.7. The molecule has 2 rings (SSSR count). The number of rotatable bonds is 6. The lowest BCUT2D eigenvalue weighted by molar-refractivity contribution is -0.387. The van der Waals surface area contributed by atoms with E-state index in [0.29, 0.717) is 0 Å². The molecule has 0 atom stereocenters. The number of sulfonamides is 1. The molecule has 0 aliphatic rings.